The van der Waals surface area contributed by atoms with Gasteiger partial charge in [0.25, 0.3) is 0 Å². The minimum atomic E-state index is -0.798. The zero-order chi connectivity index (χ0) is 13.1. The Hall–Kier alpha value is -1.60. The second-order valence-corrected chi connectivity index (χ2v) is 4.74. The highest BCUT2D eigenvalue weighted by molar-refractivity contribution is 7.98. The molecule has 0 saturated carbocycles. The van der Waals surface area contributed by atoms with Crippen molar-refractivity contribution in [3.63, 3.8) is 0 Å². The average Bonchev–Trinajstić information content (AvgIpc) is 2.34. The van der Waals surface area contributed by atoms with Gasteiger partial charge in [-0.1, -0.05) is 29.4 Å². The van der Waals surface area contributed by atoms with Crippen LogP contribution >= 0.6 is 23.4 Å². The van der Waals surface area contributed by atoms with E-state index in [4.69, 9.17) is 11.6 Å². The van der Waals surface area contributed by atoms with Crippen molar-refractivity contribution in [2.45, 2.75) is 10.9 Å². The molecule has 1 N–H and O–H groups in total. The standard InChI is InChI=1S/C10H9ClN4O2S/c1-15-10(13-8(16)9(17)14-15)18-5-6-3-2-4-12-7(6)11/h2-4H,5H2,1H3,(H,14,17). The summed E-state index contributed by atoms with van der Waals surface area (Å²) in [5.74, 6) is 0.513. The lowest BCUT2D eigenvalue weighted by atomic mass is 10.3. The number of aryl methyl sites for hydroxylation is 1. The van der Waals surface area contributed by atoms with E-state index in [1.807, 2.05) is 6.07 Å². The molecule has 6 nitrogen and oxygen atoms in total. The molecule has 8 heteroatoms. The first-order chi connectivity index (χ1) is 8.58. The average molecular weight is 285 g/mol. The second-order valence-electron chi connectivity index (χ2n) is 3.44. The summed E-state index contributed by atoms with van der Waals surface area (Å²) < 4.78 is 1.40. The molecule has 0 aliphatic rings. The fourth-order valence-electron chi connectivity index (χ4n) is 1.26. The molecule has 0 aliphatic heterocycles. The lowest BCUT2D eigenvalue weighted by Gasteiger charge is -2.06. The van der Waals surface area contributed by atoms with E-state index in [9.17, 15) is 9.59 Å². The largest absolute Gasteiger partial charge is 0.339 e. The van der Waals surface area contributed by atoms with E-state index in [1.54, 1.807) is 19.3 Å². The maximum atomic E-state index is 11.2. The summed E-state index contributed by atoms with van der Waals surface area (Å²) >= 11 is 7.21. The smallest absolute Gasteiger partial charge is 0.265 e. The maximum absolute atomic E-state index is 11.2. The van der Waals surface area contributed by atoms with Crippen LogP contribution in [0.1, 0.15) is 5.56 Å². The Bertz CT molecular complexity index is 682. The Morgan fingerprint density at radius 2 is 2.28 bits per heavy atom. The number of pyridine rings is 1. The summed E-state index contributed by atoms with van der Waals surface area (Å²) in [5, 5.41) is 3.21. The molecule has 0 aliphatic carbocycles. The molecule has 94 valence electrons. The van der Waals surface area contributed by atoms with Crippen LogP contribution < -0.4 is 11.1 Å². The van der Waals surface area contributed by atoms with Crippen molar-refractivity contribution in [1.82, 2.24) is 19.7 Å². The molecule has 2 aromatic heterocycles. The first-order valence-corrected chi connectivity index (χ1v) is 6.34. The van der Waals surface area contributed by atoms with Gasteiger partial charge < -0.3 is 0 Å². The van der Waals surface area contributed by atoms with Crippen molar-refractivity contribution in [3.8, 4) is 0 Å². The monoisotopic (exact) mass is 284 g/mol. The fraction of sp³-hybridized carbons (Fsp3) is 0.200. The minimum Gasteiger partial charge on any atom is -0.265 e. The molecule has 2 rings (SSSR count). The highest BCUT2D eigenvalue weighted by Crippen LogP contribution is 2.22. The number of nitrogens with zero attached hydrogens (tertiary/aromatic N) is 3. The molecule has 0 saturated heterocycles. The number of H-pyrrole nitrogens is 1. The van der Waals surface area contributed by atoms with E-state index in [1.165, 1.54) is 16.4 Å². The predicted octanol–water partition coefficient (Wildman–Crippen LogP) is 0.809. The molecule has 2 heterocycles. The van der Waals surface area contributed by atoms with Gasteiger partial charge in [-0.25, -0.2) is 4.98 Å². The van der Waals surface area contributed by atoms with Gasteiger partial charge in [-0.05, 0) is 11.6 Å². The molecule has 2 aromatic rings. The summed E-state index contributed by atoms with van der Waals surface area (Å²) in [6.45, 7) is 0. The molecule has 18 heavy (non-hydrogen) atoms. The molecule has 0 fully saturated rings. The summed E-state index contributed by atoms with van der Waals surface area (Å²) in [4.78, 5) is 29.8. The number of thioether (sulfide) groups is 1. The number of hydrogen-bond acceptors (Lipinski definition) is 5. The third kappa shape index (κ3) is 2.80. The summed E-state index contributed by atoms with van der Waals surface area (Å²) in [5.41, 5.74) is -0.696. The molecule has 0 amide bonds. The second kappa shape index (κ2) is 5.36. The van der Waals surface area contributed by atoms with Crippen LogP contribution in [0.5, 0.6) is 0 Å². The van der Waals surface area contributed by atoms with Crippen LogP contribution in [0, 0.1) is 0 Å². The lowest BCUT2D eigenvalue weighted by Crippen LogP contribution is -2.33. The SMILES string of the molecule is Cn1[nH]c(=O)c(=O)nc1SCc1cccnc1Cl. The highest BCUT2D eigenvalue weighted by atomic mass is 35.5. The van der Waals surface area contributed by atoms with E-state index >= 15 is 0 Å². The van der Waals surface area contributed by atoms with Crippen LogP contribution in [-0.2, 0) is 12.8 Å². The molecule has 0 spiro atoms. The van der Waals surface area contributed by atoms with Gasteiger partial charge in [0.1, 0.15) is 5.15 Å². The van der Waals surface area contributed by atoms with Gasteiger partial charge in [-0.3, -0.25) is 19.4 Å². The zero-order valence-electron chi connectivity index (χ0n) is 9.38. The fourth-order valence-corrected chi connectivity index (χ4v) is 2.43. The summed E-state index contributed by atoms with van der Waals surface area (Å²) in [6, 6.07) is 3.62. The molecule has 0 atom stereocenters. The van der Waals surface area contributed by atoms with Crippen molar-refractivity contribution < 1.29 is 0 Å². The van der Waals surface area contributed by atoms with Gasteiger partial charge in [0.15, 0.2) is 5.16 Å². The highest BCUT2D eigenvalue weighted by Gasteiger charge is 2.07. The molecular formula is C10H9ClN4O2S. The van der Waals surface area contributed by atoms with Gasteiger partial charge >= 0.3 is 11.1 Å². The van der Waals surface area contributed by atoms with Crippen molar-refractivity contribution >= 4 is 23.4 Å². The van der Waals surface area contributed by atoms with Gasteiger partial charge in [-0.2, -0.15) is 4.98 Å². The first-order valence-electron chi connectivity index (χ1n) is 4.97. The zero-order valence-corrected chi connectivity index (χ0v) is 11.0. The third-order valence-electron chi connectivity index (χ3n) is 2.14. The number of aromatic amines is 1. The Morgan fingerprint density at radius 3 is 3.00 bits per heavy atom. The number of halogens is 1. The first kappa shape index (κ1) is 12.8. The van der Waals surface area contributed by atoms with Gasteiger partial charge in [0.2, 0.25) is 0 Å². The van der Waals surface area contributed by atoms with Crippen LogP contribution in [0.3, 0.4) is 0 Å². The van der Waals surface area contributed by atoms with Crippen molar-refractivity contribution in [2.24, 2.45) is 7.05 Å². The Balaban J connectivity index is 2.21. The van der Waals surface area contributed by atoms with Crippen LogP contribution in [0.2, 0.25) is 5.15 Å². The number of hydrogen-bond donors (Lipinski definition) is 1. The Labute approximate surface area is 111 Å². The lowest BCUT2D eigenvalue weighted by molar-refractivity contribution is 0.596. The van der Waals surface area contributed by atoms with Crippen LogP contribution in [-0.4, -0.2) is 19.7 Å². The molecule has 0 radical (unpaired) electrons. The predicted molar refractivity (Wildman–Crippen MR) is 68.9 cm³/mol. The minimum absolute atomic E-state index is 0.416. The Morgan fingerprint density at radius 1 is 1.50 bits per heavy atom. The summed E-state index contributed by atoms with van der Waals surface area (Å²) in [7, 11) is 1.61. The number of nitrogens with one attached hydrogen (secondary N) is 1. The van der Waals surface area contributed by atoms with Crippen molar-refractivity contribution in [2.75, 3.05) is 0 Å². The van der Waals surface area contributed by atoms with E-state index in [2.05, 4.69) is 15.1 Å². The number of aromatic nitrogens is 4. The van der Waals surface area contributed by atoms with Crippen molar-refractivity contribution in [3.05, 3.63) is 49.8 Å². The maximum Gasteiger partial charge on any atom is 0.339 e. The van der Waals surface area contributed by atoms with Gasteiger partial charge in [0.05, 0.1) is 0 Å². The Kier molecular flexibility index (Phi) is 3.83. The van der Waals surface area contributed by atoms with Crippen LogP contribution in [0.15, 0.2) is 33.1 Å². The molecule has 0 unspecified atom stereocenters. The van der Waals surface area contributed by atoms with E-state index in [0.717, 1.165) is 5.56 Å². The van der Waals surface area contributed by atoms with E-state index in [0.29, 0.717) is 16.1 Å². The van der Waals surface area contributed by atoms with Crippen LogP contribution in [0.4, 0.5) is 0 Å². The quantitative estimate of drug-likeness (QED) is 0.512. The topological polar surface area (TPSA) is 80.6 Å². The molecule has 0 aromatic carbocycles. The number of rotatable bonds is 3. The third-order valence-corrected chi connectivity index (χ3v) is 3.56. The van der Waals surface area contributed by atoms with Crippen molar-refractivity contribution in [1.29, 1.82) is 0 Å². The summed E-state index contributed by atoms with van der Waals surface area (Å²) in [6.07, 6.45) is 1.60. The van der Waals surface area contributed by atoms with Crippen LogP contribution in [0.25, 0.3) is 0 Å². The van der Waals surface area contributed by atoms with Gasteiger partial charge in [0, 0.05) is 19.0 Å². The molecule has 0 bridgehead atoms. The van der Waals surface area contributed by atoms with Gasteiger partial charge in [-0.15, -0.1) is 0 Å². The van der Waals surface area contributed by atoms with E-state index < -0.39 is 11.1 Å². The molecular weight excluding hydrogens is 276 g/mol. The van der Waals surface area contributed by atoms with E-state index in [-0.39, 0.29) is 0 Å². The normalized spacial score (nSPS) is 10.6.